The number of nitrogens with one attached hydrogen (secondary N) is 3. The van der Waals surface area contributed by atoms with Crippen molar-refractivity contribution >= 4 is 17.5 Å². The van der Waals surface area contributed by atoms with Crippen molar-refractivity contribution in [2.45, 2.75) is 32.4 Å². The third-order valence-electron chi connectivity index (χ3n) is 3.20. The highest BCUT2D eigenvalue weighted by atomic mass is 16.5. The topological polar surface area (TPSA) is 105 Å². The molecule has 128 valence electrons. The second-order valence-electron chi connectivity index (χ2n) is 5.39. The van der Waals surface area contributed by atoms with Crippen LogP contribution in [0.5, 0.6) is 0 Å². The van der Waals surface area contributed by atoms with E-state index in [0.29, 0.717) is 12.4 Å². The summed E-state index contributed by atoms with van der Waals surface area (Å²) in [5.41, 5.74) is 7.26. The van der Waals surface area contributed by atoms with Crippen molar-refractivity contribution in [3.05, 3.63) is 29.8 Å². The third kappa shape index (κ3) is 7.23. The van der Waals surface area contributed by atoms with Gasteiger partial charge in [-0.25, -0.2) is 0 Å². The quantitative estimate of drug-likeness (QED) is 0.384. The number of ether oxygens (including phenoxy) is 1. The molecular formula is C16H26N4O3. The summed E-state index contributed by atoms with van der Waals surface area (Å²) in [5, 5.41) is 8.48. The van der Waals surface area contributed by atoms with Gasteiger partial charge in [-0.1, -0.05) is 12.1 Å². The van der Waals surface area contributed by atoms with E-state index in [9.17, 15) is 9.59 Å². The zero-order valence-corrected chi connectivity index (χ0v) is 13.9. The first-order chi connectivity index (χ1) is 10.9. The minimum atomic E-state index is -0.652. The molecule has 23 heavy (non-hydrogen) atoms. The van der Waals surface area contributed by atoms with Crippen molar-refractivity contribution in [3.63, 3.8) is 0 Å². The fraction of sp³-hybridized carbons (Fsp3) is 0.500. The van der Waals surface area contributed by atoms with Gasteiger partial charge in [-0.3, -0.25) is 14.9 Å². The van der Waals surface area contributed by atoms with Crippen molar-refractivity contribution in [2.75, 3.05) is 25.7 Å². The van der Waals surface area contributed by atoms with Crippen LogP contribution in [0.25, 0.3) is 0 Å². The van der Waals surface area contributed by atoms with Crippen LogP contribution in [0.2, 0.25) is 0 Å². The van der Waals surface area contributed by atoms with Gasteiger partial charge in [0.2, 0.25) is 11.8 Å². The number of benzene rings is 1. The van der Waals surface area contributed by atoms with Crippen LogP contribution in [-0.4, -0.2) is 44.3 Å². The Morgan fingerprint density at radius 2 is 2.00 bits per heavy atom. The van der Waals surface area contributed by atoms with Gasteiger partial charge in [0.1, 0.15) is 6.04 Å². The van der Waals surface area contributed by atoms with Crippen LogP contribution in [-0.2, 0) is 20.7 Å². The lowest BCUT2D eigenvalue weighted by molar-refractivity contribution is -0.126. The summed E-state index contributed by atoms with van der Waals surface area (Å²) in [7, 11) is 1.63. The van der Waals surface area contributed by atoms with E-state index >= 15 is 0 Å². The molecule has 0 spiro atoms. The molecule has 1 rings (SSSR count). The molecule has 7 nitrogen and oxygen atoms in total. The summed E-state index contributed by atoms with van der Waals surface area (Å²) in [5.74, 6) is -0.640. The predicted octanol–water partition coefficient (Wildman–Crippen LogP) is 0.213. The first kappa shape index (κ1) is 19.1. The van der Waals surface area contributed by atoms with Gasteiger partial charge in [-0.05, 0) is 38.0 Å². The van der Waals surface area contributed by atoms with Crippen molar-refractivity contribution in [1.29, 1.82) is 0 Å². The standard InChI is InChI=1S/C16H26N4O3/c1-11(17)15(21)19-12(2)16(22)20-14-6-4-5-13(9-14)7-8-18-10-23-3/h4-6,9,11-12,18H,7-8,10,17H2,1-3H3,(H,19,21)(H,20,22)/t11-,12-/m0/s1. The van der Waals surface area contributed by atoms with Crippen molar-refractivity contribution in [1.82, 2.24) is 10.6 Å². The first-order valence-electron chi connectivity index (χ1n) is 7.59. The van der Waals surface area contributed by atoms with Gasteiger partial charge in [0.25, 0.3) is 0 Å². The fourth-order valence-electron chi connectivity index (χ4n) is 1.87. The SMILES string of the molecule is COCNCCc1cccc(NC(=O)[C@H](C)NC(=O)[C@H](C)N)c1. The molecular weight excluding hydrogens is 296 g/mol. The molecule has 1 aromatic carbocycles. The van der Waals surface area contributed by atoms with E-state index in [1.165, 1.54) is 0 Å². The number of anilines is 1. The zero-order chi connectivity index (χ0) is 17.2. The smallest absolute Gasteiger partial charge is 0.246 e. The van der Waals surface area contributed by atoms with Crippen molar-refractivity contribution in [2.24, 2.45) is 5.73 Å². The summed E-state index contributed by atoms with van der Waals surface area (Å²) in [4.78, 5) is 23.6. The van der Waals surface area contributed by atoms with Gasteiger partial charge in [-0.2, -0.15) is 0 Å². The van der Waals surface area contributed by atoms with Gasteiger partial charge in [-0.15, -0.1) is 0 Å². The summed E-state index contributed by atoms with van der Waals surface area (Å²) >= 11 is 0. The van der Waals surface area contributed by atoms with Gasteiger partial charge in [0.05, 0.1) is 12.8 Å². The Hall–Kier alpha value is -1.96. The Morgan fingerprint density at radius 3 is 2.65 bits per heavy atom. The molecule has 0 heterocycles. The Kier molecular flexibility index (Phi) is 8.25. The number of methoxy groups -OCH3 is 1. The molecule has 0 unspecified atom stereocenters. The van der Waals surface area contributed by atoms with Crippen molar-refractivity contribution < 1.29 is 14.3 Å². The highest BCUT2D eigenvalue weighted by Crippen LogP contribution is 2.11. The molecule has 2 atom stereocenters. The van der Waals surface area contributed by atoms with E-state index in [0.717, 1.165) is 18.5 Å². The summed E-state index contributed by atoms with van der Waals surface area (Å²) in [6, 6.07) is 6.29. The molecule has 0 aliphatic carbocycles. The second kappa shape index (κ2) is 9.94. The summed E-state index contributed by atoms with van der Waals surface area (Å²) in [6.07, 6.45) is 0.823. The average molecular weight is 322 g/mol. The molecule has 0 bridgehead atoms. The fourth-order valence-corrected chi connectivity index (χ4v) is 1.87. The summed E-state index contributed by atoms with van der Waals surface area (Å²) in [6.45, 7) is 4.48. The van der Waals surface area contributed by atoms with Crippen molar-refractivity contribution in [3.8, 4) is 0 Å². The van der Waals surface area contributed by atoms with E-state index in [2.05, 4.69) is 16.0 Å². The third-order valence-corrected chi connectivity index (χ3v) is 3.20. The molecule has 0 fully saturated rings. The molecule has 0 radical (unpaired) electrons. The molecule has 5 N–H and O–H groups in total. The Balaban J connectivity index is 2.52. The van der Waals surface area contributed by atoms with E-state index in [4.69, 9.17) is 10.5 Å². The lowest BCUT2D eigenvalue weighted by Crippen LogP contribution is -2.47. The minimum Gasteiger partial charge on any atom is -0.370 e. The van der Waals surface area contributed by atoms with Crippen LogP contribution < -0.4 is 21.7 Å². The summed E-state index contributed by atoms with van der Waals surface area (Å²) < 4.78 is 4.92. The number of hydrogen-bond acceptors (Lipinski definition) is 5. The molecule has 0 aliphatic rings. The zero-order valence-electron chi connectivity index (χ0n) is 13.9. The number of amides is 2. The Morgan fingerprint density at radius 1 is 1.26 bits per heavy atom. The minimum absolute atomic E-state index is 0.284. The van der Waals surface area contributed by atoms with Crippen LogP contribution in [0, 0.1) is 0 Å². The van der Waals surface area contributed by atoms with Gasteiger partial charge in [0.15, 0.2) is 0 Å². The second-order valence-corrected chi connectivity index (χ2v) is 5.39. The van der Waals surface area contributed by atoms with Gasteiger partial charge < -0.3 is 21.1 Å². The molecule has 0 aliphatic heterocycles. The number of hydrogen-bond donors (Lipinski definition) is 4. The Labute approximate surface area is 137 Å². The van der Waals surface area contributed by atoms with E-state index in [-0.39, 0.29) is 11.8 Å². The number of carbonyl (C=O) groups is 2. The van der Waals surface area contributed by atoms with Crippen LogP contribution >= 0.6 is 0 Å². The lowest BCUT2D eigenvalue weighted by atomic mass is 10.1. The van der Waals surface area contributed by atoms with Crippen LogP contribution in [0.4, 0.5) is 5.69 Å². The largest absolute Gasteiger partial charge is 0.370 e. The first-order valence-corrected chi connectivity index (χ1v) is 7.59. The highest BCUT2D eigenvalue weighted by molar-refractivity contribution is 5.97. The molecule has 7 heteroatoms. The van der Waals surface area contributed by atoms with E-state index < -0.39 is 12.1 Å². The monoisotopic (exact) mass is 322 g/mol. The molecule has 0 saturated heterocycles. The van der Waals surface area contributed by atoms with Gasteiger partial charge >= 0.3 is 0 Å². The maximum absolute atomic E-state index is 12.1. The maximum Gasteiger partial charge on any atom is 0.246 e. The van der Waals surface area contributed by atoms with E-state index in [1.54, 1.807) is 21.0 Å². The average Bonchev–Trinajstić information content (AvgIpc) is 2.51. The predicted molar refractivity (Wildman–Crippen MR) is 89.9 cm³/mol. The van der Waals surface area contributed by atoms with Crippen LogP contribution in [0.1, 0.15) is 19.4 Å². The van der Waals surface area contributed by atoms with E-state index in [1.807, 2.05) is 24.3 Å². The van der Waals surface area contributed by atoms with Gasteiger partial charge in [0, 0.05) is 19.3 Å². The molecule has 2 amide bonds. The lowest BCUT2D eigenvalue weighted by Gasteiger charge is -2.16. The van der Waals surface area contributed by atoms with Crippen LogP contribution in [0.3, 0.4) is 0 Å². The number of nitrogens with two attached hydrogens (primary N) is 1. The molecule has 0 aromatic heterocycles. The number of carbonyl (C=O) groups excluding carboxylic acids is 2. The Bertz CT molecular complexity index is 520. The van der Waals surface area contributed by atoms with Crippen LogP contribution in [0.15, 0.2) is 24.3 Å². The number of rotatable bonds is 9. The highest BCUT2D eigenvalue weighted by Gasteiger charge is 2.17. The maximum atomic E-state index is 12.1. The molecule has 0 saturated carbocycles. The molecule has 1 aromatic rings. The normalized spacial score (nSPS) is 13.2.